The highest BCUT2D eigenvalue weighted by Gasteiger charge is 2.33. The van der Waals surface area contributed by atoms with E-state index < -0.39 is 24.6 Å². The van der Waals surface area contributed by atoms with E-state index in [0.717, 1.165) is 6.42 Å². The lowest BCUT2D eigenvalue weighted by Crippen LogP contribution is -2.49. The zero-order valence-electron chi connectivity index (χ0n) is 9.56. The number of aliphatic carboxylic acids is 1. The third kappa shape index (κ3) is 3.10. The van der Waals surface area contributed by atoms with Crippen molar-refractivity contribution in [2.24, 2.45) is 5.41 Å². The molecule has 0 saturated carbocycles. The maximum atomic E-state index is 11.6. The summed E-state index contributed by atoms with van der Waals surface area (Å²) in [5.41, 5.74) is 0.0786. The molecule has 0 aliphatic carbocycles. The molecule has 0 radical (unpaired) electrons. The number of carbonyl (C=O) groups is 2. The second-order valence-electron chi connectivity index (χ2n) is 4.86. The first-order valence-corrected chi connectivity index (χ1v) is 5.25. The predicted octanol–water partition coefficient (Wildman–Crippen LogP) is -0.127. The van der Waals surface area contributed by atoms with E-state index in [4.69, 9.17) is 10.2 Å². The SMILES string of the molecule is CC1(C)CCN(C(=O)N[C@H](CO)C(=O)O)C1. The Balaban J connectivity index is 2.50. The maximum Gasteiger partial charge on any atom is 0.328 e. The van der Waals surface area contributed by atoms with Crippen LogP contribution in [0.4, 0.5) is 4.79 Å². The molecule has 1 atom stereocenters. The molecule has 1 aliphatic heterocycles. The third-order valence-corrected chi connectivity index (χ3v) is 2.74. The highest BCUT2D eigenvalue weighted by molar-refractivity contribution is 5.82. The number of nitrogens with zero attached hydrogens (tertiary/aromatic N) is 1. The largest absolute Gasteiger partial charge is 0.480 e. The minimum absolute atomic E-state index is 0.0786. The van der Waals surface area contributed by atoms with Crippen molar-refractivity contribution in [3.63, 3.8) is 0 Å². The topological polar surface area (TPSA) is 89.9 Å². The molecule has 0 aromatic rings. The van der Waals surface area contributed by atoms with E-state index in [0.29, 0.717) is 13.1 Å². The number of urea groups is 1. The van der Waals surface area contributed by atoms with Crippen molar-refractivity contribution in [1.82, 2.24) is 10.2 Å². The van der Waals surface area contributed by atoms with Crippen molar-refractivity contribution in [2.45, 2.75) is 26.3 Å². The summed E-state index contributed by atoms with van der Waals surface area (Å²) in [7, 11) is 0. The number of hydrogen-bond acceptors (Lipinski definition) is 3. The first-order valence-electron chi connectivity index (χ1n) is 5.25. The minimum atomic E-state index is -1.23. The van der Waals surface area contributed by atoms with Gasteiger partial charge in [0.25, 0.3) is 0 Å². The van der Waals surface area contributed by atoms with Crippen LogP contribution in [0.3, 0.4) is 0 Å². The quantitative estimate of drug-likeness (QED) is 0.630. The second-order valence-corrected chi connectivity index (χ2v) is 4.86. The zero-order valence-corrected chi connectivity index (χ0v) is 9.56. The molecule has 6 nitrogen and oxygen atoms in total. The van der Waals surface area contributed by atoms with E-state index in [1.165, 1.54) is 0 Å². The first kappa shape index (κ1) is 12.8. The van der Waals surface area contributed by atoms with Crippen LogP contribution < -0.4 is 5.32 Å². The summed E-state index contributed by atoms with van der Waals surface area (Å²) in [6.45, 7) is 4.74. The van der Waals surface area contributed by atoms with Crippen LogP contribution in [-0.4, -0.2) is 52.9 Å². The number of aliphatic hydroxyl groups is 1. The summed E-state index contributed by atoms with van der Waals surface area (Å²) >= 11 is 0. The van der Waals surface area contributed by atoms with Crippen LogP contribution in [0.15, 0.2) is 0 Å². The molecule has 1 rings (SSSR count). The fourth-order valence-corrected chi connectivity index (χ4v) is 1.71. The molecule has 1 aliphatic rings. The summed E-state index contributed by atoms with van der Waals surface area (Å²) in [5, 5.41) is 19.7. The van der Waals surface area contributed by atoms with E-state index in [9.17, 15) is 9.59 Å². The lowest BCUT2D eigenvalue weighted by atomic mass is 9.93. The molecule has 1 heterocycles. The van der Waals surface area contributed by atoms with Crippen LogP contribution >= 0.6 is 0 Å². The minimum Gasteiger partial charge on any atom is -0.480 e. The predicted molar refractivity (Wildman–Crippen MR) is 57.0 cm³/mol. The Labute approximate surface area is 94.2 Å². The van der Waals surface area contributed by atoms with E-state index >= 15 is 0 Å². The molecule has 16 heavy (non-hydrogen) atoms. The van der Waals surface area contributed by atoms with Gasteiger partial charge >= 0.3 is 12.0 Å². The Hall–Kier alpha value is -1.30. The number of amides is 2. The first-order chi connectivity index (χ1) is 7.35. The van der Waals surface area contributed by atoms with Crippen LogP contribution in [0.1, 0.15) is 20.3 Å². The Morgan fingerprint density at radius 1 is 1.50 bits per heavy atom. The normalized spacial score (nSPS) is 20.6. The molecule has 2 amide bonds. The van der Waals surface area contributed by atoms with Crippen molar-refractivity contribution in [2.75, 3.05) is 19.7 Å². The fourth-order valence-electron chi connectivity index (χ4n) is 1.71. The number of carboxylic acid groups (broad SMARTS) is 1. The van der Waals surface area contributed by atoms with Gasteiger partial charge < -0.3 is 20.4 Å². The van der Waals surface area contributed by atoms with Crippen molar-refractivity contribution < 1.29 is 19.8 Å². The molecule has 0 aromatic heterocycles. The van der Waals surface area contributed by atoms with Gasteiger partial charge in [-0.15, -0.1) is 0 Å². The molecule has 1 fully saturated rings. The van der Waals surface area contributed by atoms with Crippen LogP contribution in [0.25, 0.3) is 0 Å². The molecule has 0 aromatic carbocycles. The van der Waals surface area contributed by atoms with Crippen LogP contribution in [0, 0.1) is 5.41 Å². The summed E-state index contributed by atoms with van der Waals surface area (Å²) < 4.78 is 0. The lowest BCUT2D eigenvalue weighted by Gasteiger charge is -2.22. The number of rotatable bonds is 3. The number of hydrogen-bond donors (Lipinski definition) is 3. The standard InChI is InChI=1S/C10H18N2O4/c1-10(2)3-4-12(6-10)9(16)11-7(5-13)8(14)15/h7,13H,3-6H2,1-2H3,(H,11,16)(H,14,15)/t7-/m1/s1. The van der Waals surface area contributed by atoms with Crippen molar-refractivity contribution in [1.29, 1.82) is 0 Å². The zero-order chi connectivity index (χ0) is 12.3. The smallest absolute Gasteiger partial charge is 0.328 e. The number of likely N-dealkylation sites (tertiary alicyclic amines) is 1. The van der Waals surface area contributed by atoms with E-state index in [1.807, 2.05) is 0 Å². The Kier molecular flexibility index (Phi) is 3.74. The van der Waals surface area contributed by atoms with Gasteiger partial charge in [-0.05, 0) is 11.8 Å². The Morgan fingerprint density at radius 3 is 2.50 bits per heavy atom. The monoisotopic (exact) mass is 230 g/mol. The van der Waals surface area contributed by atoms with E-state index in [-0.39, 0.29) is 5.41 Å². The molecule has 0 spiro atoms. The summed E-state index contributed by atoms with van der Waals surface area (Å²) in [4.78, 5) is 23.8. The molecule has 0 bridgehead atoms. The van der Waals surface area contributed by atoms with Crippen LogP contribution in [0.2, 0.25) is 0 Å². The highest BCUT2D eigenvalue weighted by Crippen LogP contribution is 2.28. The Bertz CT molecular complexity index is 291. The average Bonchev–Trinajstić information content (AvgIpc) is 2.54. The number of nitrogens with one attached hydrogen (secondary N) is 1. The summed E-state index contributed by atoms with van der Waals surface area (Å²) in [6, 6.07) is -1.65. The highest BCUT2D eigenvalue weighted by atomic mass is 16.4. The summed E-state index contributed by atoms with van der Waals surface area (Å²) in [6.07, 6.45) is 0.900. The number of aliphatic hydroxyl groups excluding tert-OH is 1. The van der Waals surface area contributed by atoms with Crippen molar-refractivity contribution in [3.05, 3.63) is 0 Å². The molecule has 92 valence electrons. The van der Waals surface area contributed by atoms with Crippen LogP contribution in [-0.2, 0) is 4.79 Å². The van der Waals surface area contributed by atoms with Gasteiger partial charge in [0.1, 0.15) is 0 Å². The van der Waals surface area contributed by atoms with Gasteiger partial charge in [-0.1, -0.05) is 13.8 Å². The average molecular weight is 230 g/mol. The Morgan fingerprint density at radius 2 is 2.12 bits per heavy atom. The fraction of sp³-hybridized carbons (Fsp3) is 0.800. The molecular weight excluding hydrogens is 212 g/mol. The lowest BCUT2D eigenvalue weighted by molar-refractivity contribution is -0.140. The van der Waals surface area contributed by atoms with Crippen molar-refractivity contribution in [3.8, 4) is 0 Å². The summed E-state index contributed by atoms with van der Waals surface area (Å²) in [5.74, 6) is -1.23. The van der Waals surface area contributed by atoms with Gasteiger partial charge in [0.15, 0.2) is 6.04 Å². The van der Waals surface area contributed by atoms with Gasteiger partial charge in [0, 0.05) is 13.1 Å². The second kappa shape index (κ2) is 4.69. The van der Waals surface area contributed by atoms with Crippen molar-refractivity contribution >= 4 is 12.0 Å². The number of carboxylic acids is 1. The molecular formula is C10H18N2O4. The maximum absolute atomic E-state index is 11.6. The molecule has 0 unspecified atom stereocenters. The van der Waals surface area contributed by atoms with Gasteiger partial charge in [-0.2, -0.15) is 0 Å². The number of carbonyl (C=O) groups excluding carboxylic acids is 1. The molecule has 1 saturated heterocycles. The molecule has 6 heteroatoms. The van der Waals surface area contributed by atoms with Gasteiger partial charge in [-0.3, -0.25) is 0 Å². The van der Waals surface area contributed by atoms with E-state index in [2.05, 4.69) is 19.2 Å². The molecule has 3 N–H and O–H groups in total. The van der Waals surface area contributed by atoms with Gasteiger partial charge in [-0.25, -0.2) is 9.59 Å². The van der Waals surface area contributed by atoms with Gasteiger partial charge in [0.05, 0.1) is 6.61 Å². The van der Waals surface area contributed by atoms with Crippen LogP contribution in [0.5, 0.6) is 0 Å². The van der Waals surface area contributed by atoms with Gasteiger partial charge in [0.2, 0.25) is 0 Å². The van der Waals surface area contributed by atoms with E-state index in [1.54, 1.807) is 4.90 Å². The third-order valence-electron chi connectivity index (χ3n) is 2.74.